The molecule has 1 aromatic carbocycles. The Balaban J connectivity index is 2.33. The molecule has 1 aromatic rings. The molecule has 6 heteroatoms. The number of hydrogen-bond donors (Lipinski definition) is 1. The van der Waals surface area contributed by atoms with Crippen LogP contribution in [0, 0.1) is 0 Å². The molecule has 0 unspecified atom stereocenters. The van der Waals surface area contributed by atoms with Gasteiger partial charge in [-0.1, -0.05) is 23.7 Å². The van der Waals surface area contributed by atoms with E-state index in [1.165, 1.54) is 6.26 Å². The summed E-state index contributed by atoms with van der Waals surface area (Å²) in [5.41, 5.74) is 6.24. The fourth-order valence-electron chi connectivity index (χ4n) is 2.70. The van der Waals surface area contributed by atoms with Crippen LogP contribution in [0.1, 0.15) is 18.4 Å². The van der Waals surface area contributed by atoms with E-state index in [0.717, 1.165) is 5.56 Å². The summed E-state index contributed by atoms with van der Waals surface area (Å²) in [6, 6.07) is 7.18. The van der Waals surface area contributed by atoms with Crippen molar-refractivity contribution in [2.24, 2.45) is 5.73 Å². The van der Waals surface area contributed by atoms with Crippen molar-refractivity contribution < 1.29 is 13.2 Å². The summed E-state index contributed by atoms with van der Waals surface area (Å²) in [7, 11) is -3.23. The van der Waals surface area contributed by atoms with E-state index >= 15 is 0 Å². The van der Waals surface area contributed by atoms with E-state index in [-0.39, 0.29) is 12.5 Å². The summed E-state index contributed by atoms with van der Waals surface area (Å²) in [5, 5.41) is -0.0274. The molecule has 1 fully saturated rings. The maximum atomic E-state index is 11.9. The van der Waals surface area contributed by atoms with Crippen molar-refractivity contribution in [3.8, 4) is 0 Å². The largest absolute Gasteiger partial charge is 0.380 e. The minimum absolute atomic E-state index is 0.235. The van der Waals surface area contributed by atoms with Crippen molar-refractivity contribution in [2.75, 3.05) is 19.5 Å². The second-order valence-corrected chi connectivity index (χ2v) is 7.64. The molecule has 0 bridgehead atoms. The van der Waals surface area contributed by atoms with Crippen LogP contribution in [0.15, 0.2) is 24.3 Å². The van der Waals surface area contributed by atoms with E-state index < -0.39 is 20.6 Å². The lowest BCUT2D eigenvalue weighted by atomic mass is 10.1. The number of halogens is 1. The lowest BCUT2D eigenvalue weighted by molar-refractivity contribution is 0.125. The average molecular weight is 304 g/mol. The number of hydrogen-bond acceptors (Lipinski definition) is 4. The summed E-state index contributed by atoms with van der Waals surface area (Å²) in [6.07, 6.45) is 1.22. The van der Waals surface area contributed by atoms with Crippen molar-refractivity contribution in [3.63, 3.8) is 0 Å². The molecule has 1 aliphatic carbocycles. The molecule has 0 radical (unpaired) electrons. The maximum absolute atomic E-state index is 11.9. The van der Waals surface area contributed by atoms with Crippen molar-refractivity contribution >= 4 is 21.4 Å². The van der Waals surface area contributed by atoms with Gasteiger partial charge in [-0.05, 0) is 24.6 Å². The number of nitrogens with two attached hydrogens (primary N) is 1. The van der Waals surface area contributed by atoms with Crippen LogP contribution in [-0.4, -0.2) is 38.7 Å². The van der Waals surface area contributed by atoms with E-state index in [2.05, 4.69) is 0 Å². The van der Waals surface area contributed by atoms with Gasteiger partial charge in [0, 0.05) is 23.8 Å². The molecule has 0 amide bonds. The second kappa shape index (κ2) is 5.05. The van der Waals surface area contributed by atoms with Crippen molar-refractivity contribution in [1.82, 2.24) is 0 Å². The minimum atomic E-state index is -3.23. The molecule has 3 atom stereocenters. The highest BCUT2D eigenvalue weighted by Gasteiger charge is 2.68. The van der Waals surface area contributed by atoms with E-state index in [1.807, 2.05) is 13.0 Å². The van der Waals surface area contributed by atoms with Crippen LogP contribution in [-0.2, 0) is 14.6 Å². The lowest BCUT2D eigenvalue weighted by Gasteiger charge is -2.11. The predicted molar refractivity (Wildman–Crippen MR) is 76.2 cm³/mol. The van der Waals surface area contributed by atoms with Gasteiger partial charge in [0.05, 0.1) is 17.4 Å². The molecule has 0 aromatic heterocycles. The first-order chi connectivity index (χ1) is 8.80. The Morgan fingerprint density at radius 1 is 1.47 bits per heavy atom. The molecule has 0 saturated heterocycles. The Morgan fingerprint density at radius 2 is 2.16 bits per heavy atom. The zero-order chi connectivity index (χ0) is 14.3. The van der Waals surface area contributed by atoms with Gasteiger partial charge in [0.25, 0.3) is 0 Å². The third-order valence-corrected chi connectivity index (χ3v) is 5.40. The lowest BCUT2D eigenvalue weighted by Crippen LogP contribution is -2.36. The van der Waals surface area contributed by atoms with E-state index in [0.29, 0.717) is 11.6 Å². The van der Waals surface area contributed by atoms with E-state index in [4.69, 9.17) is 22.1 Å². The van der Waals surface area contributed by atoms with Crippen LogP contribution in [0.3, 0.4) is 0 Å². The topological polar surface area (TPSA) is 69.4 Å². The van der Waals surface area contributed by atoms with Crippen molar-refractivity contribution in [3.05, 3.63) is 34.9 Å². The SMILES string of the molecule is CCOC[C@@]1(N)[C@H](S(C)(=O)=O)[C@@H]1c1cccc(Cl)c1. The van der Waals surface area contributed by atoms with Crippen molar-refractivity contribution in [1.29, 1.82) is 0 Å². The number of rotatable bonds is 5. The molecule has 2 rings (SSSR count). The minimum Gasteiger partial charge on any atom is -0.380 e. The zero-order valence-electron chi connectivity index (χ0n) is 11.0. The Labute approximate surface area is 118 Å². The van der Waals surface area contributed by atoms with Crippen LogP contribution >= 0.6 is 11.6 Å². The quantitative estimate of drug-likeness (QED) is 0.897. The Kier molecular flexibility index (Phi) is 3.93. The fraction of sp³-hybridized carbons (Fsp3) is 0.538. The summed E-state index contributed by atoms with van der Waals surface area (Å²) >= 11 is 5.95. The normalized spacial score (nSPS) is 30.3. The highest BCUT2D eigenvalue weighted by atomic mass is 35.5. The van der Waals surface area contributed by atoms with Gasteiger partial charge in [-0.25, -0.2) is 8.42 Å². The molecule has 0 heterocycles. The summed E-state index contributed by atoms with van der Waals surface area (Å²) < 4.78 is 29.1. The van der Waals surface area contributed by atoms with Crippen LogP contribution in [0.25, 0.3) is 0 Å². The smallest absolute Gasteiger partial charge is 0.152 e. The maximum Gasteiger partial charge on any atom is 0.152 e. The molecule has 106 valence electrons. The number of ether oxygens (including phenoxy) is 1. The Hall–Kier alpha value is -0.620. The first kappa shape index (κ1) is 14.8. The Morgan fingerprint density at radius 3 is 2.68 bits per heavy atom. The standard InChI is InChI=1S/C13H18ClNO3S/c1-3-18-8-13(15)11(12(13)19(2,16)17)9-5-4-6-10(14)7-9/h4-7,11-12H,3,8,15H2,1-2H3/t11-,12+,13-/m0/s1. The molecule has 1 saturated carbocycles. The first-order valence-corrected chi connectivity index (χ1v) is 8.45. The first-order valence-electron chi connectivity index (χ1n) is 6.11. The average Bonchev–Trinajstić information content (AvgIpc) is 2.94. The molecular weight excluding hydrogens is 286 g/mol. The van der Waals surface area contributed by atoms with Crippen LogP contribution in [0.5, 0.6) is 0 Å². The molecule has 4 nitrogen and oxygen atoms in total. The fourth-order valence-corrected chi connectivity index (χ4v) is 4.74. The summed E-state index contributed by atoms with van der Waals surface area (Å²) in [6.45, 7) is 2.60. The van der Waals surface area contributed by atoms with E-state index in [1.54, 1.807) is 18.2 Å². The van der Waals surface area contributed by atoms with Crippen LogP contribution < -0.4 is 5.73 Å². The van der Waals surface area contributed by atoms with Gasteiger partial charge in [0.2, 0.25) is 0 Å². The molecule has 2 N–H and O–H groups in total. The third-order valence-electron chi connectivity index (χ3n) is 3.53. The highest BCUT2D eigenvalue weighted by molar-refractivity contribution is 7.91. The van der Waals surface area contributed by atoms with Crippen LogP contribution in [0.2, 0.25) is 5.02 Å². The zero-order valence-corrected chi connectivity index (χ0v) is 12.5. The van der Waals surface area contributed by atoms with Crippen molar-refractivity contribution in [2.45, 2.75) is 23.6 Å². The molecular formula is C13H18ClNO3S. The van der Waals surface area contributed by atoms with Gasteiger partial charge in [-0.2, -0.15) is 0 Å². The molecule has 0 spiro atoms. The second-order valence-electron chi connectivity index (χ2n) is 5.03. The van der Waals surface area contributed by atoms with Crippen LogP contribution in [0.4, 0.5) is 0 Å². The van der Waals surface area contributed by atoms with Gasteiger partial charge in [-0.15, -0.1) is 0 Å². The molecule has 0 aliphatic heterocycles. The summed E-state index contributed by atoms with van der Waals surface area (Å²) in [4.78, 5) is 0. The third kappa shape index (κ3) is 2.79. The van der Waals surface area contributed by atoms with Gasteiger partial charge >= 0.3 is 0 Å². The van der Waals surface area contributed by atoms with E-state index in [9.17, 15) is 8.42 Å². The number of sulfone groups is 1. The number of benzene rings is 1. The predicted octanol–water partition coefficient (Wildman–Crippen LogP) is 1.58. The molecule has 1 aliphatic rings. The Bertz CT molecular complexity index is 575. The van der Waals surface area contributed by atoms with Gasteiger partial charge in [-0.3, -0.25) is 0 Å². The monoisotopic (exact) mass is 303 g/mol. The molecule has 19 heavy (non-hydrogen) atoms. The summed E-state index contributed by atoms with van der Waals surface area (Å²) in [5.74, 6) is -0.257. The van der Waals surface area contributed by atoms with Gasteiger partial charge in [0.15, 0.2) is 9.84 Å². The van der Waals surface area contributed by atoms with Gasteiger partial charge in [0.1, 0.15) is 0 Å². The highest BCUT2D eigenvalue weighted by Crippen LogP contribution is 2.54. The van der Waals surface area contributed by atoms with Gasteiger partial charge < -0.3 is 10.5 Å².